The topological polar surface area (TPSA) is 98.0 Å². The highest BCUT2D eigenvalue weighted by Gasteiger charge is 2.61. The molecule has 0 aliphatic heterocycles. The van der Waals surface area contributed by atoms with Crippen molar-refractivity contribution in [3.63, 3.8) is 0 Å². The number of carboxylic acids is 1. The van der Waals surface area contributed by atoms with Crippen LogP contribution in [-0.4, -0.2) is 45.2 Å². The molecule has 0 aromatic rings. The lowest BCUT2D eigenvalue weighted by atomic mass is 9.44. The number of aliphatic hydroxyl groups is 3. The lowest BCUT2D eigenvalue weighted by Gasteiger charge is -2.60. The van der Waals surface area contributed by atoms with Gasteiger partial charge in [0.25, 0.3) is 0 Å². The minimum absolute atomic E-state index is 0.0814. The number of hydrogen-bond acceptors (Lipinski definition) is 4. The predicted octanol–water partition coefficient (Wildman–Crippen LogP) is 2.34. The standard InChI is InChI=1S/C20H32O5/c1-18(16(23)11-21)8-6-13-12(10-18)4-5-14-19(13,2)9-7-15(22)20(14,3)17(24)25/h4,13-16,21-23H,5-11H2,1-3H3,(H,24,25)/t13-,14-,15-,16-,18-,19+,20-/m0/s1. The summed E-state index contributed by atoms with van der Waals surface area (Å²) in [6.07, 6.45) is 5.14. The molecule has 2 fully saturated rings. The van der Waals surface area contributed by atoms with Gasteiger partial charge < -0.3 is 20.4 Å². The van der Waals surface area contributed by atoms with Crippen LogP contribution in [0.2, 0.25) is 0 Å². The second-order valence-corrected chi connectivity index (χ2v) is 9.34. The van der Waals surface area contributed by atoms with E-state index in [-0.39, 0.29) is 23.4 Å². The van der Waals surface area contributed by atoms with Crippen LogP contribution in [0, 0.1) is 28.1 Å². The number of carboxylic acid groups (broad SMARTS) is 1. The second-order valence-electron chi connectivity index (χ2n) is 9.34. The van der Waals surface area contributed by atoms with Crippen molar-refractivity contribution in [1.29, 1.82) is 0 Å². The molecule has 0 unspecified atom stereocenters. The molecule has 5 nitrogen and oxygen atoms in total. The van der Waals surface area contributed by atoms with Crippen molar-refractivity contribution in [3.8, 4) is 0 Å². The first kappa shape index (κ1) is 18.9. The van der Waals surface area contributed by atoms with Gasteiger partial charge in [0.15, 0.2) is 0 Å². The molecule has 2 saturated carbocycles. The van der Waals surface area contributed by atoms with E-state index in [4.69, 9.17) is 0 Å². The molecule has 3 aliphatic rings. The molecule has 3 aliphatic carbocycles. The Morgan fingerprint density at radius 3 is 2.56 bits per heavy atom. The summed E-state index contributed by atoms with van der Waals surface area (Å²) in [5.74, 6) is -0.678. The van der Waals surface area contributed by atoms with Gasteiger partial charge in [0.2, 0.25) is 0 Å². The molecule has 5 heteroatoms. The van der Waals surface area contributed by atoms with Crippen molar-refractivity contribution in [3.05, 3.63) is 11.6 Å². The summed E-state index contributed by atoms with van der Waals surface area (Å²) in [5.41, 5.74) is -0.253. The first-order valence-electron chi connectivity index (χ1n) is 9.49. The highest BCUT2D eigenvalue weighted by atomic mass is 16.4. The molecule has 0 amide bonds. The Bertz CT molecular complexity index is 587. The minimum atomic E-state index is -1.11. The van der Waals surface area contributed by atoms with E-state index >= 15 is 0 Å². The van der Waals surface area contributed by atoms with Crippen LogP contribution in [0.15, 0.2) is 11.6 Å². The van der Waals surface area contributed by atoms with Crippen molar-refractivity contribution in [1.82, 2.24) is 0 Å². The Morgan fingerprint density at radius 1 is 1.28 bits per heavy atom. The zero-order chi connectivity index (χ0) is 18.6. The highest BCUT2D eigenvalue weighted by molar-refractivity contribution is 5.76. The molecule has 0 saturated heterocycles. The first-order chi connectivity index (χ1) is 11.6. The van der Waals surface area contributed by atoms with Crippen LogP contribution in [-0.2, 0) is 4.79 Å². The summed E-state index contributed by atoms with van der Waals surface area (Å²) < 4.78 is 0. The smallest absolute Gasteiger partial charge is 0.312 e. The maximum atomic E-state index is 12.0. The molecule has 0 heterocycles. The number of aliphatic carboxylic acids is 1. The molecule has 25 heavy (non-hydrogen) atoms. The molecular formula is C20H32O5. The highest BCUT2D eigenvalue weighted by Crippen LogP contribution is 2.63. The van der Waals surface area contributed by atoms with Gasteiger partial charge in [-0.25, -0.2) is 0 Å². The van der Waals surface area contributed by atoms with E-state index in [1.807, 2.05) is 6.92 Å². The van der Waals surface area contributed by atoms with E-state index in [1.165, 1.54) is 5.57 Å². The third-order valence-corrected chi connectivity index (χ3v) is 8.08. The predicted molar refractivity (Wildman–Crippen MR) is 93.8 cm³/mol. The monoisotopic (exact) mass is 352 g/mol. The molecular weight excluding hydrogens is 320 g/mol. The zero-order valence-electron chi connectivity index (χ0n) is 15.5. The molecule has 0 spiro atoms. The average Bonchev–Trinajstić information content (AvgIpc) is 2.57. The van der Waals surface area contributed by atoms with E-state index in [1.54, 1.807) is 6.92 Å². The first-order valence-corrected chi connectivity index (χ1v) is 9.49. The number of fused-ring (bicyclic) bond motifs is 3. The Kier molecular flexibility index (Phi) is 4.58. The number of rotatable bonds is 3. The fraction of sp³-hybridized carbons (Fsp3) is 0.850. The van der Waals surface area contributed by atoms with E-state index in [0.717, 1.165) is 25.7 Å². The molecule has 4 N–H and O–H groups in total. The molecule has 3 rings (SSSR count). The normalized spacial score (nSPS) is 48.1. The van der Waals surface area contributed by atoms with Crippen molar-refractivity contribution in [2.24, 2.45) is 28.1 Å². The molecule has 142 valence electrons. The average molecular weight is 352 g/mol. The van der Waals surface area contributed by atoms with Crippen LogP contribution in [0.5, 0.6) is 0 Å². The third kappa shape index (κ3) is 2.58. The summed E-state index contributed by atoms with van der Waals surface area (Å²) in [6, 6.07) is 0. The van der Waals surface area contributed by atoms with Gasteiger partial charge in [-0.1, -0.05) is 25.5 Å². The summed E-state index contributed by atoms with van der Waals surface area (Å²) in [5, 5.41) is 40.0. The van der Waals surface area contributed by atoms with Crippen LogP contribution in [0.3, 0.4) is 0 Å². The maximum Gasteiger partial charge on any atom is 0.312 e. The molecule has 0 bridgehead atoms. The lowest BCUT2D eigenvalue weighted by Crippen LogP contribution is -2.59. The summed E-state index contributed by atoms with van der Waals surface area (Å²) in [4.78, 5) is 12.0. The van der Waals surface area contributed by atoms with Gasteiger partial charge in [-0.3, -0.25) is 4.79 Å². The molecule has 7 atom stereocenters. The number of hydrogen-bond donors (Lipinski definition) is 4. The lowest BCUT2D eigenvalue weighted by molar-refractivity contribution is -0.182. The quantitative estimate of drug-likeness (QED) is 0.585. The summed E-state index contributed by atoms with van der Waals surface area (Å²) in [6.45, 7) is 5.72. The fourth-order valence-electron chi connectivity index (χ4n) is 6.14. The van der Waals surface area contributed by atoms with Crippen LogP contribution in [0.1, 0.15) is 59.3 Å². The maximum absolute atomic E-state index is 12.0. The van der Waals surface area contributed by atoms with Crippen molar-refractivity contribution < 1.29 is 25.2 Å². The summed E-state index contributed by atoms with van der Waals surface area (Å²) >= 11 is 0. The Hall–Kier alpha value is -0.910. The van der Waals surface area contributed by atoms with Gasteiger partial charge in [0, 0.05) is 0 Å². The number of allylic oxidation sites excluding steroid dienone is 2. The van der Waals surface area contributed by atoms with Gasteiger partial charge in [0.1, 0.15) is 0 Å². The van der Waals surface area contributed by atoms with E-state index in [2.05, 4.69) is 13.0 Å². The third-order valence-electron chi connectivity index (χ3n) is 8.08. The Morgan fingerprint density at radius 2 is 1.96 bits per heavy atom. The Labute approximate surface area is 149 Å². The fourth-order valence-corrected chi connectivity index (χ4v) is 6.14. The van der Waals surface area contributed by atoms with Crippen molar-refractivity contribution in [2.45, 2.75) is 71.5 Å². The minimum Gasteiger partial charge on any atom is -0.481 e. The number of carbonyl (C=O) groups is 1. The largest absolute Gasteiger partial charge is 0.481 e. The molecule has 0 aromatic carbocycles. The van der Waals surface area contributed by atoms with Gasteiger partial charge in [-0.15, -0.1) is 0 Å². The van der Waals surface area contributed by atoms with Crippen molar-refractivity contribution >= 4 is 5.97 Å². The van der Waals surface area contributed by atoms with Gasteiger partial charge in [-0.2, -0.15) is 0 Å². The zero-order valence-corrected chi connectivity index (χ0v) is 15.5. The Balaban J connectivity index is 1.95. The SMILES string of the molecule is C[C@]1([C@@H](O)CO)CC[C@H]2C(=CC[C@H]3[C@]2(C)CC[C@H](O)[C@@]3(C)C(=O)O)C1. The van der Waals surface area contributed by atoms with Crippen LogP contribution < -0.4 is 0 Å². The number of aliphatic hydroxyl groups excluding tert-OH is 3. The van der Waals surface area contributed by atoms with Gasteiger partial charge >= 0.3 is 5.97 Å². The molecule has 0 aromatic heterocycles. The van der Waals surface area contributed by atoms with E-state index in [0.29, 0.717) is 18.8 Å². The van der Waals surface area contributed by atoms with Crippen LogP contribution >= 0.6 is 0 Å². The van der Waals surface area contributed by atoms with E-state index in [9.17, 15) is 25.2 Å². The van der Waals surface area contributed by atoms with Crippen LogP contribution in [0.25, 0.3) is 0 Å². The van der Waals surface area contributed by atoms with Gasteiger partial charge in [-0.05, 0) is 68.1 Å². The van der Waals surface area contributed by atoms with E-state index < -0.39 is 23.6 Å². The second kappa shape index (κ2) is 6.07. The van der Waals surface area contributed by atoms with Crippen molar-refractivity contribution in [2.75, 3.05) is 6.61 Å². The van der Waals surface area contributed by atoms with Crippen LogP contribution in [0.4, 0.5) is 0 Å². The molecule has 0 radical (unpaired) electrons. The summed E-state index contributed by atoms with van der Waals surface area (Å²) in [7, 11) is 0. The van der Waals surface area contributed by atoms with Gasteiger partial charge in [0.05, 0.1) is 24.2 Å².